The molecule has 116 valence electrons. The zero-order valence-corrected chi connectivity index (χ0v) is 13.3. The second-order valence-corrected chi connectivity index (χ2v) is 5.40. The molecule has 3 nitrogen and oxygen atoms in total. The highest BCUT2D eigenvalue weighted by atomic mass is 16.5. The van der Waals surface area contributed by atoms with E-state index >= 15 is 0 Å². The first kappa shape index (κ1) is 19.0. The van der Waals surface area contributed by atoms with Crippen LogP contribution in [0.5, 0.6) is 0 Å². The Balaban J connectivity index is 3.38. The van der Waals surface area contributed by atoms with Crippen molar-refractivity contribution in [3.8, 4) is 6.07 Å². The molecule has 0 radical (unpaired) electrons. The Morgan fingerprint density at radius 3 is 1.90 bits per heavy atom. The molecule has 0 aliphatic carbocycles. The van der Waals surface area contributed by atoms with Gasteiger partial charge in [-0.05, 0) is 13.3 Å². The minimum Gasteiger partial charge on any atom is -0.465 e. The molecule has 0 rings (SSSR count). The van der Waals surface area contributed by atoms with Crippen molar-refractivity contribution in [3.63, 3.8) is 0 Å². The molecule has 0 aliphatic rings. The van der Waals surface area contributed by atoms with Crippen molar-refractivity contribution in [1.29, 1.82) is 5.26 Å². The third kappa shape index (κ3) is 10.8. The largest absolute Gasteiger partial charge is 0.465 e. The van der Waals surface area contributed by atoms with Crippen molar-refractivity contribution in [3.05, 3.63) is 0 Å². The Morgan fingerprint density at radius 1 is 0.950 bits per heavy atom. The van der Waals surface area contributed by atoms with Gasteiger partial charge in [0.1, 0.15) is 5.92 Å². The molecule has 0 N–H and O–H groups in total. The Morgan fingerprint density at radius 2 is 1.45 bits per heavy atom. The van der Waals surface area contributed by atoms with Crippen LogP contribution >= 0.6 is 0 Å². The minimum absolute atomic E-state index is 0.356. The maximum absolute atomic E-state index is 11.4. The number of rotatable bonds is 13. The second-order valence-electron chi connectivity index (χ2n) is 5.40. The summed E-state index contributed by atoms with van der Waals surface area (Å²) in [6.45, 7) is 4.37. The van der Waals surface area contributed by atoms with Gasteiger partial charge in [-0.2, -0.15) is 5.26 Å². The molecule has 0 heterocycles. The SMILES string of the molecule is CCCCCCCCCCCCC(C#N)C(=O)OCC. The first-order valence-electron chi connectivity index (χ1n) is 8.32. The zero-order valence-electron chi connectivity index (χ0n) is 13.3. The lowest BCUT2D eigenvalue weighted by molar-refractivity contribution is -0.146. The van der Waals surface area contributed by atoms with Crippen LogP contribution in [-0.4, -0.2) is 12.6 Å². The number of ether oxygens (including phenoxy) is 1. The van der Waals surface area contributed by atoms with Crippen LogP contribution in [0.15, 0.2) is 0 Å². The average Bonchev–Trinajstić information content (AvgIpc) is 2.45. The Hall–Kier alpha value is -1.04. The van der Waals surface area contributed by atoms with Crippen LogP contribution in [0.2, 0.25) is 0 Å². The van der Waals surface area contributed by atoms with Gasteiger partial charge in [0.25, 0.3) is 0 Å². The lowest BCUT2D eigenvalue weighted by atomic mass is 10.0. The molecule has 0 fully saturated rings. The van der Waals surface area contributed by atoms with E-state index in [1.807, 2.05) is 6.07 Å². The van der Waals surface area contributed by atoms with E-state index in [1.54, 1.807) is 6.92 Å². The van der Waals surface area contributed by atoms with E-state index < -0.39 is 5.92 Å². The highest BCUT2D eigenvalue weighted by molar-refractivity contribution is 5.75. The monoisotopic (exact) mass is 281 g/mol. The van der Waals surface area contributed by atoms with Gasteiger partial charge in [-0.1, -0.05) is 71.1 Å². The van der Waals surface area contributed by atoms with Gasteiger partial charge >= 0.3 is 5.97 Å². The van der Waals surface area contributed by atoms with Gasteiger partial charge in [-0.3, -0.25) is 4.79 Å². The number of nitrogens with zero attached hydrogens (tertiary/aromatic N) is 1. The Labute approximate surface area is 124 Å². The van der Waals surface area contributed by atoms with Crippen molar-refractivity contribution in [2.24, 2.45) is 5.92 Å². The third-order valence-corrected chi connectivity index (χ3v) is 3.57. The first-order chi connectivity index (χ1) is 9.76. The zero-order chi connectivity index (χ0) is 15.1. The van der Waals surface area contributed by atoms with E-state index in [-0.39, 0.29) is 5.97 Å². The van der Waals surface area contributed by atoms with Crippen molar-refractivity contribution >= 4 is 5.97 Å². The fraction of sp³-hybridized carbons (Fsp3) is 0.882. The van der Waals surface area contributed by atoms with E-state index in [4.69, 9.17) is 10.00 Å². The summed E-state index contributed by atoms with van der Waals surface area (Å²) >= 11 is 0. The molecule has 0 saturated heterocycles. The number of esters is 1. The van der Waals surface area contributed by atoms with E-state index in [1.165, 1.54) is 51.4 Å². The molecule has 0 amide bonds. The Kier molecular flexibility index (Phi) is 13.6. The molecule has 0 aliphatic heterocycles. The van der Waals surface area contributed by atoms with E-state index in [0.717, 1.165) is 12.8 Å². The number of carbonyl (C=O) groups is 1. The molecule has 3 heteroatoms. The first-order valence-corrected chi connectivity index (χ1v) is 8.32. The number of nitriles is 1. The minimum atomic E-state index is -0.566. The quantitative estimate of drug-likeness (QED) is 0.352. The van der Waals surface area contributed by atoms with Gasteiger partial charge in [-0.25, -0.2) is 0 Å². The standard InChI is InChI=1S/C17H31NO2/c1-3-5-6-7-8-9-10-11-12-13-14-16(15-18)17(19)20-4-2/h16H,3-14H2,1-2H3. The molecule has 20 heavy (non-hydrogen) atoms. The summed E-state index contributed by atoms with van der Waals surface area (Å²) < 4.78 is 4.88. The van der Waals surface area contributed by atoms with Crippen LogP contribution in [0.1, 0.15) is 84.5 Å². The van der Waals surface area contributed by atoms with Crippen LogP contribution in [0.25, 0.3) is 0 Å². The summed E-state index contributed by atoms with van der Waals surface area (Å²) in [7, 11) is 0. The summed E-state index contributed by atoms with van der Waals surface area (Å²) in [5.41, 5.74) is 0. The molecular weight excluding hydrogens is 250 g/mol. The van der Waals surface area contributed by atoms with Gasteiger partial charge in [-0.15, -0.1) is 0 Å². The number of unbranched alkanes of at least 4 members (excludes halogenated alkanes) is 9. The predicted octanol–water partition coefficient (Wildman–Crippen LogP) is 5.00. The van der Waals surface area contributed by atoms with Crippen LogP contribution in [0, 0.1) is 17.2 Å². The van der Waals surface area contributed by atoms with Crippen LogP contribution < -0.4 is 0 Å². The lowest BCUT2D eigenvalue weighted by Gasteiger charge is -2.07. The summed E-state index contributed by atoms with van der Waals surface area (Å²) in [5.74, 6) is -0.921. The molecule has 0 aromatic heterocycles. The highest BCUT2D eigenvalue weighted by Gasteiger charge is 2.17. The van der Waals surface area contributed by atoms with Gasteiger partial charge < -0.3 is 4.74 Å². The van der Waals surface area contributed by atoms with Crippen molar-refractivity contribution in [2.45, 2.75) is 84.5 Å². The number of hydrogen-bond donors (Lipinski definition) is 0. The predicted molar refractivity (Wildman–Crippen MR) is 82.2 cm³/mol. The molecule has 0 bridgehead atoms. The second kappa shape index (κ2) is 14.4. The summed E-state index contributed by atoms with van der Waals surface area (Å²) in [6.07, 6.45) is 13.3. The van der Waals surface area contributed by atoms with E-state index in [2.05, 4.69) is 6.92 Å². The number of carbonyl (C=O) groups excluding carboxylic acids is 1. The normalized spacial score (nSPS) is 11.8. The molecule has 0 saturated carbocycles. The van der Waals surface area contributed by atoms with Crippen LogP contribution in [0.4, 0.5) is 0 Å². The fourth-order valence-corrected chi connectivity index (χ4v) is 2.31. The maximum Gasteiger partial charge on any atom is 0.323 e. The van der Waals surface area contributed by atoms with Crippen molar-refractivity contribution in [2.75, 3.05) is 6.61 Å². The summed E-state index contributed by atoms with van der Waals surface area (Å²) in [4.78, 5) is 11.4. The van der Waals surface area contributed by atoms with E-state index in [0.29, 0.717) is 13.0 Å². The molecule has 1 atom stereocenters. The van der Waals surface area contributed by atoms with Gasteiger partial charge in [0.15, 0.2) is 0 Å². The van der Waals surface area contributed by atoms with Crippen LogP contribution in [-0.2, 0) is 9.53 Å². The molecule has 1 unspecified atom stereocenters. The lowest BCUT2D eigenvalue weighted by Crippen LogP contribution is -2.16. The fourth-order valence-electron chi connectivity index (χ4n) is 2.31. The van der Waals surface area contributed by atoms with E-state index in [9.17, 15) is 4.79 Å². The van der Waals surface area contributed by atoms with Gasteiger partial charge in [0.2, 0.25) is 0 Å². The van der Waals surface area contributed by atoms with Crippen LogP contribution in [0.3, 0.4) is 0 Å². The molecule has 0 aromatic carbocycles. The highest BCUT2D eigenvalue weighted by Crippen LogP contribution is 2.14. The van der Waals surface area contributed by atoms with Crippen molar-refractivity contribution in [1.82, 2.24) is 0 Å². The summed E-state index contributed by atoms with van der Waals surface area (Å²) in [5, 5.41) is 8.92. The smallest absolute Gasteiger partial charge is 0.323 e. The molecule has 0 spiro atoms. The summed E-state index contributed by atoms with van der Waals surface area (Å²) in [6, 6.07) is 2.04. The number of hydrogen-bond acceptors (Lipinski definition) is 3. The topological polar surface area (TPSA) is 50.1 Å². The Bertz CT molecular complexity index is 271. The van der Waals surface area contributed by atoms with Crippen molar-refractivity contribution < 1.29 is 9.53 Å². The average molecular weight is 281 g/mol. The third-order valence-electron chi connectivity index (χ3n) is 3.57. The maximum atomic E-state index is 11.4. The van der Waals surface area contributed by atoms with Gasteiger partial charge in [0, 0.05) is 0 Å². The van der Waals surface area contributed by atoms with Gasteiger partial charge in [0.05, 0.1) is 12.7 Å². The molecule has 0 aromatic rings. The molecular formula is C17H31NO2.